The monoisotopic (exact) mass is 1640 g/mol. The first-order chi connectivity index (χ1) is 55.3. The number of hydrogen-bond donors (Lipinski definition) is 12. The molecule has 35 nitrogen and oxygen atoms in total. The summed E-state index contributed by atoms with van der Waals surface area (Å²) < 4.78 is 43.4. The highest BCUT2D eigenvalue weighted by molar-refractivity contribution is 5.91. The summed E-state index contributed by atoms with van der Waals surface area (Å²) in [4.78, 5) is 167. The Hall–Kier alpha value is -8.00. The van der Waals surface area contributed by atoms with E-state index in [9.17, 15) is 72.5 Å². The van der Waals surface area contributed by atoms with Crippen LogP contribution < -0.4 is 49.1 Å². The normalized spacial score (nSPS) is 12.6. The average molecular weight is 1640 g/mol. The lowest BCUT2D eigenvalue weighted by molar-refractivity contribution is -0.144. The largest absolute Gasteiger partial charge is 0.508 e. The fourth-order valence-electron chi connectivity index (χ4n) is 11.9. The lowest BCUT2D eigenvalue weighted by Gasteiger charge is -2.29. The lowest BCUT2D eigenvalue weighted by Crippen LogP contribution is -2.54. The molecule has 1 rings (SSSR count). The van der Waals surface area contributed by atoms with E-state index in [2.05, 4.69) is 36.9 Å². The van der Waals surface area contributed by atoms with Gasteiger partial charge in [-0.2, -0.15) is 0 Å². The number of likely N-dealkylation sites (N-methyl/N-ethyl adjacent to an activating group) is 2. The molecule has 0 unspecified atom stereocenters. The fourth-order valence-corrected chi connectivity index (χ4v) is 11.9. The van der Waals surface area contributed by atoms with E-state index in [-0.39, 0.29) is 248 Å². The van der Waals surface area contributed by atoms with Gasteiger partial charge in [0, 0.05) is 90.8 Å². The molecule has 1 aromatic rings. The third-order valence-electron chi connectivity index (χ3n) is 18.4. The number of amides is 6. The van der Waals surface area contributed by atoms with Crippen LogP contribution in [0.5, 0.6) is 5.75 Å². The highest BCUT2D eigenvalue weighted by Crippen LogP contribution is 2.19. The molecule has 0 fully saturated rings. The Kier molecular flexibility index (Phi) is 64.1. The van der Waals surface area contributed by atoms with Gasteiger partial charge in [0.1, 0.15) is 49.8 Å². The SMILES string of the molecule is CN[C@@H](CCCCNC(=O)COCCOCCNC(=O)COCCOCCCC(=O)COCCOCCNC(=O)COCCOCCCC(=O)CC[C@H](NC(=O)CC[C@H](CC(=O)CCCCCCCCCCCCCCCCC(=O)O)C(=O)O)C(C)=O)C(=O)CN(C)[C@@H](CCCN=C(N)N)C(=O)N[C@@H](Cc1ccc(O)cc1)C(N)=O. The number of carbonyl (C=O) groups excluding carboxylic acids is 11. The van der Waals surface area contributed by atoms with Crippen LogP contribution in [0.3, 0.4) is 0 Å². The van der Waals surface area contributed by atoms with E-state index < -0.39 is 59.7 Å². The number of nitrogens with zero attached hydrogens (tertiary/aromatic N) is 2. The van der Waals surface area contributed by atoms with Crippen LogP contribution in [-0.2, 0) is 107 Å². The fraction of sp³-hybridized carbons (Fsp3) is 0.750. The zero-order valence-electron chi connectivity index (χ0n) is 68.5. The first-order valence-corrected chi connectivity index (χ1v) is 40.9. The van der Waals surface area contributed by atoms with E-state index >= 15 is 0 Å². The molecule has 6 amide bonds. The Bertz CT molecular complexity index is 2950. The number of carboxylic acid groups (broad SMARTS) is 2. The van der Waals surface area contributed by atoms with Gasteiger partial charge in [-0.05, 0) is 109 Å². The molecule has 0 saturated heterocycles. The maximum atomic E-state index is 13.6. The summed E-state index contributed by atoms with van der Waals surface area (Å²) >= 11 is 0. The van der Waals surface area contributed by atoms with Crippen LogP contribution in [0.2, 0.25) is 0 Å². The van der Waals surface area contributed by atoms with Gasteiger partial charge in [-0.3, -0.25) is 72.2 Å². The number of aromatic hydroxyl groups is 1. The number of nitrogens with two attached hydrogens (primary N) is 3. The summed E-state index contributed by atoms with van der Waals surface area (Å²) in [6, 6.07) is 2.84. The molecule has 0 aliphatic heterocycles. The average Bonchev–Trinajstić information content (AvgIpc) is 0.854. The number of ketones is 5. The molecule has 0 radical (unpaired) electrons. The molecule has 115 heavy (non-hydrogen) atoms. The third kappa shape index (κ3) is 62.0. The number of benzene rings is 1. The molecule has 5 atom stereocenters. The molecule has 0 bridgehead atoms. The lowest BCUT2D eigenvalue weighted by atomic mass is 9.94. The molecule has 656 valence electrons. The predicted molar refractivity (Wildman–Crippen MR) is 428 cm³/mol. The number of aliphatic imine (C=N–C) groups is 1. The number of phenols is 1. The Morgan fingerprint density at radius 2 is 0.913 bits per heavy atom. The number of unbranched alkanes of at least 4 members (excludes halogenated alkanes) is 14. The molecule has 35 heteroatoms. The van der Waals surface area contributed by atoms with Crippen LogP contribution in [-0.4, -0.2) is 279 Å². The quantitative estimate of drug-likeness (QED) is 0.0253. The van der Waals surface area contributed by atoms with Crippen LogP contribution in [0.15, 0.2) is 29.3 Å². The van der Waals surface area contributed by atoms with Crippen molar-refractivity contribution in [2.75, 3.05) is 153 Å². The standard InChI is InChI=1S/C80H137N11O24/c1-60(92)67(89-72(98)36-31-62(79(106)107)54-65(95)23-16-14-12-10-8-6-4-5-7-9-11-13-15-17-28-76(102)103)35-34-63(93)24-21-41-108-45-50-113-58-74(100)86-39-43-110-47-49-112-56-66(96)25-22-42-109-46-51-114-59-75(101)87-40-44-111-48-52-115-57-73(99)85-37-19-18-26-68(84-2)71(97)55-91(3)70(27-20-38-88-80(82)83)78(105)90-69(77(81)104)53-61-29-32-64(94)33-30-61/h29-30,32-33,62,67-70,84,94H,4-28,31,34-59H2,1-3H3,(H2,81,104)(H,85,99)(H,86,100)(H,87,101)(H,89,98)(H,90,105)(H,102,103)(H,106,107)(H4,82,83,88)/t62-,67+,68+,69+,70+/m1/s1. The number of carboxylic acids is 2. The predicted octanol–water partition coefficient (Wildman–Crippen LogP) is 3.39. The second kappa shape index (κ2) is 70.2. The molecule has 0 aliphatic rings. The van der Waals surface area contributed by atoms with Crippen LogP contribution in [0.25, 0.3) is 0 Å². The van der Waals surface area contributed by atoms with Gasteiger partial charge in [-0.25, -0.2) is 0 Å². The molecule has 15 N–H and O–H groups in total. The number of hydrogen-bond acceptors (Lipinski definition) is 25. The van der Waals surface area contributed by atoms with E-state index in [1.807, 2.05) is 0 Å². The second-order valence-corrected chi connectivity index (χ2v) is 28.4. The van der Waals surface area contributed by atoms with Crippen molar-refractivity contribution >= 4 is 82.3 Å². The van der Waals surface area contributed by atoms with Gasteiger partial charge in [0.2, 0.25) is 35.4 Å². The Balaban J connectivity index is 2.02. The molecule has 0 aliphatic carbocycles. The maximum Gasteiger partial charge on any atom is 0.306 e. The van der Waals surface area contributed by atoms with Crippen molar-refractivity contribution < 1.29 is 116 Å². The number of guanidine groups is 1. The molecule has 1 aromatic carbocycles. The van der Waals surface area contributed by atoms with Crippen molar-refractivity contribution in [3.05, 3.63) is 29.8 Å². The highest BCUT2D eigenvalue weighted by atomic mass is 16.5. The molecule has 0 spiro atoms. The van der Waals surface area contributed by atoms with Crippen molar-refractivity contribution in [1.82, 2.24) is 36.8 Å². The zero-order valence-corrected chi connectivity index (χ0v) is 68.5. The van der Waals surface area contributed by atoms with Crippen molar-refractivity contribution in [3.63, 3.8) is 0 Å². The first-order valence-electron chi connectivity index (χ1n) is 40.9. The smallest absolute Gasteiger partial charge is 0.306 e. The van der Waals surface area contributed by atoms with Crippen molar-refractivity contribution in [2.45, 2.75) is 230 Å². The van der Waals surface area contributed by atoms with Gasteiger partial charge in [0.25, 0.3) is 0 Å². The van der Waals surface area contributed by atoms with Crippen LogP contribution in [0, 0.1) is 5.92 Å². The summed E-state index contributed by atoms with van der Waals surface area (Å²) in [5.41, 5.74) is 17.3. The van der Waals surface area contributed by atoms with Gasteiger partial charge in [0.15, 0.2) is 23.3 Å². The number of primary amides is 1. The van der Waals surface area contributed by atoms with E-state index in [4.69, 9.17) is 60.2 Å². The minimum atomic E-state index is -1.15. The minimum absolute atomic E-state index is 0.0440. The minimum Gasteiger partial charge on any atom is -0.508 e. The molecule has 0 aromatic heterocycles. The van der Waals surface area contributed by atoms with Gasteiger partial charge in [-0.1, -0.05) is 89.2 Å². The van der Waals surface area contributed by atoms with Gasteiger partial charge >= 0.3 is 11.9 Å². The number of carbonyl (C=O) groups is 13. The Morgan fingerprint density at radius 3 is 1.40 bits per heavy atom. The maximum absolute atomic E-state index is 13.6. The second-order valence-electron chi connectivity index (χ2n) is 28.4. The van der Waals surface area contributed by atoms with Crippen molar-refractivity contribution in [1.29, 1.82) is 0 Å². The van der Waals surface area contributed by atoms with Gasteiger partial charge in [0.05, 0.1) is 96.7 Å². The molecule has 0 saturated carbocycles. The number of aliphatic carboxylic acids is 2. The zero-order chi connectivity index (χ0) is 84.9. The summed E-state index contributed by atoms with van der Waals surface area (Å²) in [6.07, 6.45) is 18.8. The summed E-state index contributed by atoms with van der Waals surface area (Å²) in [7, 11) is 3.31. The molecular formula is C80H137N11O24. The van der Waals surface area contributed by atoms with Crippen LogP contribution in [0.4, 0.5) is 0 Å². The van der Waals surface area contributed by atoms with Crippen molar-refractivity contribution in [2.24, 2.45) is 28.1 Å². The number of ether oxygens (including phenoxy) is 8. The summed E-state index contributed by atoms with van der Waals surface area (Å²) in [6.45, 7) is 4.11. The summed E-state index contributed by atoms with van der Waals surface area (Å²) in [5.74, 6) is -6.61. The van der Waals surface area contributed by atoms with Gasteiger partial charge < -0.3 is 102 Å². The van der Waals surface area contributed by atoms with E-state index in [0.29, 0.717) is 70.1 Å². The van der Waals surface area contributed by atoms with Gasteiger partial charge in [-0.15, -0.1) is 0 Å². The van der Waals surface area contributed by atoms with Crippen LogP contribution >= 0.6 is 0 Å². The van der Waals surface area contributed by atoms with Crippen molar-refractivity contribution in [3.8, 4) is 5.75 Å². The number of rotatable bonds is 81. The number of phenolic OH excluding ortho intramolecular Hbond substituents is 1. The Morgan fingerprint density at radius 1 is 0.443 bits per heavy atom. The van der Waals surface area contributed by atoms with E-state index in [1.165, 1.54) is 51.2 Å². The highest BCUT2D eigenvalue weighted by Gasteiger charge is 2.31. The molecular weight excluding hydrogens is 1500 g/mol. The third-order valence-corrected chi connectivity index (χ3v) is 18.4. The summed E-state index contributed by atoms with van der Waals surface area (Å²) in [5, 5.41) is 44.6. The molecule has 0 heterocycles. The number of Topliss-reactive ketones (excluding diaryl/α,β-unsaturated/α-hetero) is 5. The number of nitrogens with one attached hydrogen (secondary N) is 6. The topological polar surface area (TPSA) is 522 Å². The van der Waals surface area contributed by atoms with E-state index in [1.54, 1.807) is 31.1 Å². The Labute approximate surface area is 678 Å². The van der Waals surface area contributed by atoms with E-state index in [0.717, 1.165) is 51.4 Å². The first kappa shape index (κ1) is 105. The van der Waals surface area contributed by atoms with Crippen LogP contribution in [0.1, 0.15) is 205 Å².